The fraction of sp³-hybridized carbons (Fsp3) is 0.625. The predicted molar refractivity (Wildman–Crippen MR) is 117 cm³/mol. The first-order chi connectivity index (χ1) is 14.3. The van der Waals surface area contributed by atoms with Crippen molar-refractivity contribution in [2.24, 2.45) is 5.92 Å². The Bertz CT molecular complexity index is 707. The normalized spacial score (nSPS) is 20.4. The summed E-state index contributed by atoms with van der Waals surface area (Å²) in [7, 11) is 1.81. The van der Waals surface area contributed by atoms with Crippen molar-refractivity contribution >= 4 is 0 Å². The number of hydrogen-bond donors (Lipinski definition) is 0. The van der Waals surface area contributed by atoms with Gasteiger partial charge in [0.2, 0.25) is 0 Å². The molecule has 5 heteroatoms. The first-order valence-electron chi connectivity index (χ1n) is 11.3. The zero-order chi connectivity index (χ0) is 19.9. The van der Waals surface area contributed by atoms with Gasteiger partial charge in [0, 0.05) is 58.3 Å². The van der Waals surface area contributed by atoms with E-state index in [-0.39, 0.29) is 0 Å². The van der Waals surface area contributed by atoms with Crippen molar-refractivity contribution in [1.29, 1.82) is 0 Å². The molecule has 0 spiro atoms. The zero-order valence-corrected chi connectivity index (χ0v) is 17.9. The Labute approximate surface area is 175 Å². The summed E-state index contributed by atoms with van der Waals surface area (Å²) in [5.74, 6) is 0.772. The molecule has 1 fully saturated rings. The molecule has 1 aromatic heterocycles. The van der Waals surface area contributed by atoms with Gasteiger partial charge < -0.3 is 9.64 Å². The van der Waals surface area contributed by atoms with E-state index >= 15 is 0 Å². The van der Waals surface area contributed by atoms with E-state index in [1.54, 1.807) is 11.1 Å². The summed E-state index contributed by atoms with van der Waals surface area (Å²) in [6, 6.07) is 11.7. The highest BCUT2D eigenvalue weighted by atomic mass is 16.5. The Morgan fingerprint density at radius 1 is 1.14 bits per heavy atom. The topological polar surface area (TPSA) is 33.5 Å². The molecule has 1 atom stereocenters. The summed E-state index contributed by atoms with van der Waals surface area (Å²) in [6.45, 7) is 7.67. The molecule has 0 bridgehead atoms. The first-order valence-corrected chi connectivity index (χ1v) is 11.3. The fourth-order valence-electron chi connectivity index (χ4n) is 5.14. The van der Waals surface area contributed by atoms with Gasteiger partial charge in [-0.25, -0.2) is 0 Å². The second-order valence-corrected chi connectivity index (χ2v) is 8.75. The van der Waals surface area contributed by atoms with Crippen LogP contribution in [-0.4, -0.2) is 72.1 Å². The van der Waals surface area contributed by atoms with Gasteiger partial charge in [-0.15, -0.1) is 0 Å². The number of aromatic nitrogens is 2. The molecule has 1 aliphatic carbocycles. The van der Waals surface area contributed by atoms with Gasteiger partial charge in [-0.1, -0.05) is 24.3 Å². The number of methoxy groups -OCH3 is 1. The monoisotopic (exact) mass is 396 g/mol. The molecule has 1 aliphatic heterocycles. The summed E-state index contributed by atoms with van der Waals surface area (Å²) >= 11 is 0. The largest absolute Gasteiger partial charge is 0.383 e. The Morgan fingerprint density at radius 2 is 1.97 bits per heavy atom. The lowest BCUT2D eigenvalue weighted by Gasteiger charge is -2.38. The third-order valence-electron chi connectivity index (χ3n) is 6.65. The maximum absolute atomic E-state index is 5.38. The van der Waals surface area contributed by atoms with E-state index in [1.165, 1.54) is 45.3 Å². The molecule has 0 saturated carbocycles. The van der Waals surface area contributed by atoms with Crippen molar-refractivity contribution in [3.63, 3.8) is 0 Å². The molecular weight excluding hydrogens is 360 g/mol. The highest BCUT2D eigenvalue weighted by Gasteiger charge is 2.30. The lowest BCUT2D eigenvalue weighted by molar-refractivity contribution is 0.0861. The van der Waals surface area contributed by atoms with Gasteiger partial charge in [0.25, 0.3) is 0 Å². The van der Waals surface area contributed by atoms with Gasteiger partial charge in [-0.3, -0.25) is 9.58 Å². The smallest absolute Gasteiger partial charge is 0.0589 e. The van der Waals surface area contributed by atoms with Crippen LogP contribution in [0.25, 0.3) is 0 Å². The van der Waals surface area contributed by atoms with Crippen LogP contribution in [0.1, 0.15) is 30.4 Å². The predicted octanol–water partition coefficient (Wildman–Crippen LogP) is 3.10. The SMILES string of the molecule is COCCN(CCCn1cccn1)CC1CCCN(C2Cc3ccccc3C2)C1. The molecule has 2 aromatic rings. The number of nitrogens with zero attached hydrogens (tertiary/aromatic N) is 4. The molecule has 0 amide bonds. The molecule has 5 nitrogen and oxygen atoms in total. The standard InChI is InChI=1S/C24H36N4O/c1-29-16-15-26(11-6-14-28-13-5-10-25-28)19-21-7-4-12-27(20-21)24-17-22-8-2-3-9-23(22)18-24/h2-3,5,8-10,13,21,24H,4,6-7,11-12,14-20H2,1H3. The highest BCUT2D eigenvalue weighted by molar-refractivity contribution is 5.33. The number of hydrogen-bond acceptors (Lipinski definition) is 4. The number of likely N-dealkylation sites (tertiary alicyclic amines) is 1. The number of fused-ring (bicyclic) bond motifs is 1. The Kier molecular flexibility index (Phi) is 7.36. The molecule has 4 rings (SSSR count). The molecule has 0 radical (unpaired) electrons. The maximum atomic E-state index is 5.38. The van der Waals surface area contributed by atoms with Crippen LogP contribution < -0.4 is 0 Å². The molecule has 2 heterocycles. The van der Waals surface area contributed by atoms with Gasteiger partial charge in [0.15, 0.2) is 0 Å². The number of rotatable bonds is 10. The molecule has 1 saturated heterocycles. The van der Waals surface area contributed by atoms with E-state index in [4.69, 9.17) is 4.74 Å². The molecule has 2 aliphatic rings. The van der Waals surface area contributed by atoms with Gasteiger partial charge in [0.1, 0.15) is 0 Å². The first kappa shape index (κ1) is 20.6. The quantitative estimate of drug-likeness (QED) is 0.618. The van der Waals surface area contributed by atoms with E-state index in [0.29, 0.717) is 6.04 Å². The van der Waals surface area contributed by atoms with Gasteiger partial charge in [-0.2, -0.15) is 5.10 Å². The molecule has 1 unspecified atom stereocenters. The lowest BCUT2D eigenvalue weighted by Crippen LogP contribution is -2.46. The lowest BCUT2D eigenvalue weighted by atomic mass is 9.95. The minimum Gasteiger partial charge on any atom is -0.383 e. The molecule has 1 aromatic carbocycles. The van der Waals surface area contributed by atoms with Crippen molar-refractivity contribution in [1.82, 2.24) is 19.6 Å². The number of piperidine rings is 1. The van der Waals surface area contributed by atoms with Crippen molar-refractivity contribution in [2.45, 2.75) is 44.7 Å². The number of aryl methyl sites for hydroxylation is 1. The van der Waals surface area contributed by atoms with Crippen molar-refractivity contribution < 1.29 is 4.74 Å². The second-order valence-electron chi connectivity index (χ2n) is 8.75. The van der Waals surface area contributed by atoms with Crippen molar-refractivity contribution in [3.8, 4) is 0 Å². The summed E-state index contributed by atoms with van der Waals surface area (Å²) in [5.41, 5.74) is 3.14. The molecule has 0 N–H and O–H groups in total. The van der Waals surface area contributed by atoms with Crippen LogP contribution in [0.15, 0.2) is 42.7 Å². The average molecular weight is 397 g/mol. The van der Waals surface area contributed by atoms with Crippen LogP contribution in [0.5, 0.6) is 0 Å². The minimum atomic E-state index is 0.711. The van der Waals surface area contributed by atoms with E-state index in [0.717, 1.165) is 38.6 Å². The third-order valence-corrected chi connectivity index (χ3v) is 6.65. The summed E-state index contributed by atoms with van der Waals surface area (Å²) in [6.07, 6.45) is 10.2. The van der Waals surface area contributed by atoms with Crippen molar-refractivity contribution in [3.05, 3.63) is 53.9 Å². The Hall–Kier alpha value is -1.69. The van der Waals surface area contributed by atoms with E-state index in [9.17, 15) is 0 Å². The number of benzene rings is 1. The van der Waals surface area contributed by atoms with Crippen molar-refractivity contribution in [2.75, 3.05) is 46.4 Å². The minimum absolute atomic E-state index is 0.711. The van der Waals surface area contributed by atoms with E-state index < -0.39 is 0 Å². The summed E-state index contributed by atoms with van der Waals surface area (Å²) < 4.78 is 7.42. The van der Waals surface area contributed by atoms with Gasteiger partial charge in [0.05, 0.1) is 6.61 Å². The van der Waals surface area contributed by atoms with Gasteiger partial charge in [-0.05, 0) is 61.8 Å². The maximum Gasteiger partial charge on any atom is 0.0589 e. The van der Waals surface area contributed by atoms with Crippen LogP contribution in [0, 0.1) is 5.92 Å². The second kappa shape index (κ2) is 10.4. The molecular formula is C24H36N4O. The van der Waals surface area contributed by atoms with Gasteiger partial charge >= 0.3 is 0 Å². The van der Waals surface area contributed by atoms with Crippen LogP contribution >= 0.6 is 0 Å². The van der Waals surface area contributed by atoms with Crippen LogP contribution in [0.4, 0.5) is 0 Å². The average Bonchev–Trinajstić information content (AvgIpc) is 3.42. The number of ether oxygens (including phenoxy) is 1. The fourth-order valence-corrected chi connectivity index (χ4v) is 5.14. The third kappa shape index (κ3) is 5.68. The van der Waals surface area contributed by atoms with E-state index in [1.807, 2.05) is 24.1 Å². The summed E-state index contributed by atoms with van der Waals surface area (Å²) in [4.78, 5) is 5.40. The Balaban J connectivity index is 1.27. The van der Waals surface area contributed by atoms with E-state index in [2.05, 4.69) is 45.4 Å². The van der Waals surface area contributed by atoms with Crippen LogP contribution in [-0.2, 0) is 24.1 Å². The molecule has 158 valence electrons. The highest BCUT2D eigenvalue weighted by Crippen LogP contribution is 2.29. The zero-order valence-electron chi connectivity index (χ0n) is 17.9. The van der Waals surface area contributed by atoms with Crippen LogP contribution in [0.3, 0.4) is 0 Å². The Morgan fingerprint density at radius 3 is 2.69 bits per heavy atom. The van der Waals surface area contributed by atoms with Crippen LogP contribution in [0.2, 0.25) is 0 Å². The molecule has 29 heavy (non-hydrogen) atoms. The summed E-state index contributed by atoms with van der Waals surface area (Å²) in [5, 5.41) is 4.33.